The van der Waals surface area contributed by atoms with E-state index in [0.717, 1.165) is 29.7 Å². The average molecular weight is 338 g/mol. The van der Waals surface area contributed by atoms with Crippen LogP contribution in [0.1, 0.15) is 18.4 Å². The fourth-order valence-electron chi connectivity index (χ4n) is 2.38. The molecule has 0 aliphatic carbocycles. The molecule has 0 radical (unpaired) electrons. The Morgan fingerprint density at radius 3 is 2.89 bits per heavy atom. The molecule has 1 aliphatic heterocycles. The number of rotatable bonds is 3. The standard InChI is InChI=1S/C13H18BrFN2.ClH/c14-12-4-3-11(13(15)6-12)9-17-5-1-2-10(7-16)8-17;/h3-4,6,10H,1-2,5,7-9,16H2;1H. The van der Waals surface area contributed by atoms with Gasteiger partial charge >= 0.3 is 0 Å². The number of hydrogen-bond acceptors (Lipinski definition) is 2. The van der Waals surface area contributed by atoms with Crippen LogP contribution in [0, 0.1) is 11.7 Å². The van der Waals surface area contributed by atoms with Gasteiger partial charge in [-0.05, 0) is 44.0 Å². The molecule has 0 amide bonds. The third kappa shape index (κ3) is 4.19. The molecule has 1 fully saturated rings. The maximum absolute atomic E-state index is 13.7. The molecular weight excluding hydrogens is 319 g/mol. The molecule has 1 saturated heterocycles. The van der Waals surface area contributed by atoms with Gasteiger partial charge in [-0.2, -0.15) is 0 Å². The molecule has 1 atom stereocenters. The molecule has 2 nitrogen and oxygen atoms in total. The highest BCUT2D eigenvalue weighted by Crippen LogP contribution is 2.20. The normalized spacial score (nSPS) is 20.5. The first-order chi connectivity index (χ1) is 8.19. The van der Waals surface area contributed by atoms with Crippen molar-refractivity contribution in [3.8, 4) is 0 Å². The van der Waals surface area contributed by atoms with Crippen molar-refractivity contribution >= 4 is 28.3 Å². The van der Waals surface area contributed by atoms with Gasteiger partial charge < -0.3 is 5.73 Å². The zero-order valence-corrected chi connectivity index (χ0v) is 12.6. The molecule has 2 N–H and O–H groups in total. The predicted molar refractivity (Wildman–Crippen MR) is 78.4 cm³/mol. The summed E-state index contributed by atoms with van der Waals surface area (Å²) in [4.78, 5) is 2.30. The van der Waals surface area contributed by atoms with E-state index < -0.39 is 0 Å². The minimum atomic E-state index is -0.130. The topological polar surface area (TPSA) is 29.3 Å². The smallest absolute Gasteiger partial charge is 0.128 e. The Balaban J connectivity index is 0.00000162. The number of hydrogen-bond donors (Lipinski definition) is 1. The summed E-state index contributed by atoms with van der Waals surface area (Å²) in [6.45, 7) is 3.47. The van der Waals surface area contributed by atoms with E-state index in [4.69, 9.17) is 5.73 Å². The summed E-state index contributed by atoms with van der Waals surface area (Å²) in [5.74, 6) is 0.441. The van der Waals surface area contributed by atoms with Gasteiger partial charge in [0.25, 0.3) is 0 Å². The van der Waals surface area contributed by atoms with E-state index in [1.807, 2.05) is 12.1 Å². The van der Waals surface area contributed by atoms with Gasteiger partial charge in [-0.1, -0.05) is 22.0 Å². The van der Waals surface area contributed by atoms with E-state index in [2.05, 4.69) is 20.8 Å². The van der Waals surface area contributed by atoms with Crippen LogP contribution >= 0.6 is 28.3 Å². The van der Waals surface area contributed by atoms with Crippen LogP contribution in [0.5, 0.6) is 0 Å². The quantitative estimate of drug-likeness (QED) is 0.918. The van der Waals surface area contributed by atoms with Crippen molar-refractivity contribution in [2.24, 2.45) is 11.7 Å². The van der Waals surface area contributed by atoms with Crippen LogP contribution in [-0.2, 0) is 6.54 Å². The van der Waals surface area contributed by atoms with Gasteiger partial charge in [0.2, 0.25) is 0 Å². The summed E-state index contributed by atoms with van der Waals surface area (Å²) >= 11 is 3.27. The fraction of sp³-hybridized carbons (Fsp3) is 0.538. The largest absolute Gasteiger partial charge is 0.330 e. The summed E-state index contributed by atoms with van der Waals surface area (Å²) in [6.07, 6.45) is 2.37. The maximum atomic E-state index is 13.7. The molecule has 1 unspecified atom stereocenters. The van der Waals surface area contributed by atoms with Gasteiger partial charge in [-0.3, -0.25) is 4.90 Å². The Morgan fingerprint density at radius 1 is 1.44 bits per heavy atom. The maximum Gasteiger partial charge on any atom is 0.128 e. The minimum Gasteiger partial charge on any atom is -0.330 e. The lowest BCUT2D eigenvalue weighted by Crippen LogP contribution is -2.38. The zero-order chi connectivity index (χ0) is 12.3. The van der Waals surface area contributed by atoms with Crippen LogP contribution < -0.4 is 5.73 Å². The zero-order valence-electron chi connectivity index (χ0n) is 10.2. The summed E-state index contributed by atoms with van der Waals surface area (Å²) in [5, 5.41) is 0. The third-order valence-corrected chi connectivity index (χ3v) is 3.84. The lowest BCUT2D eigenvalue weighted by molar-refractivity contribution is 0.169. The predicted octanol–water partition coefficient (Wildman–Crippen LogP) is 3.18. The van der Waals surface area contributed by atoms with Crippen LogP contribution in [0.25, 0.3) is 0 Å². The highest BCUT2D eigenvalue weighted by atomic mass is 79.9. The Labute approximate surface area is 122 Å². The molecular formula is C13H19BrClFN2. The molecule has 1 aromatic carbocycles. The van der Waals surface area contributed by atoms with E-state index in [1.54, 1.807) is 0 Å². The molecule has 5 heteroatoms. The first kappa shape index (κ1) is 15.9. The lowest BCUT2D eigenvalue weighted by atomic mass is 9.98. The molecule has 0 spiro atoms. The number of likely N-dealkylation sites (tertiary alicyclic amines) is 1. The first-order valence-electron chi connectivity index (χ1n) is 6.05. The highest BCUT2D eigenvalue weighted by molar-refractivity contribution is 9.10. The second-order valence-corrected chi connectivity index (χ2v) is 5.63. The van der Waals surface area contributed by atoms with Gasteiger partial charge in [0.05, 0.1) is 0 Å². The molecule has 2 rings (SSSR count). The monoisotopic (exact) mass is 336 g/mol. The Morgan fingerprint density at radius 2 is 2.22 bits per heavy atom. The number of nitrogens with zero attached hydrogens (tertiary/aromatic N) is 1. The van der Waals surface area contributed by atoms with Crippen molar-refractivity contribution in [2.75, 3.05) is 19.6 Å². The van der Waals surface area contributed by atoms with Crippen molar-refractivity contribution < 1.29 is 4.39 Å². The molecule has 18 heavy (non-hydrogen) atoms. The summed E-state index contributed by atoms with van der Waals surface area (Å²) in [7, 11) is 0. The van der Waals surface area contributed by atoms with Crippen molar-refractivity contribution in [1.29, 1.82) is 0 Å². The lowest BCUT2D eigenvalue weighted by Gasteiger charge is -2.32. The second-order valence-electron chi connectivity index (χ2n) is 4.71. The van der Waals surface area contributed by atoms with Gasteiger partial charge in [0, 0.05) is 23.1 Å². The minimum absolute atomic E-state index is 0. The number of benzene rings is 1. The van der Waals surface area contributed by atoms with Crippen molar-refractivity contribution in [1.82, 2.24) is 4.90 Å². The van der Waals surface area contributed by atoms with Crippen molar-refractivity contribution in [3.63, 3.8) is 0 Å². The SMILES string of the molecule is Cl.NCC1CCCN(Cc2ccc(Br)cc2F)C1. The first-order valence-corrected chi connectivity index (χ1v) is 6.84. The average Bonchev–Trinajstić information content (AvgIpc) is 2.33. The van der Waals surface area contributed by atoms with Crippen molar-refractivity contribution in [2.45, 2.75) is 19.4 Å². The van der Waals surface area contributed by atoms with Crippen LogP contribution in [0.15, 0.2) is 22.7 Å². The van der Waals surface area contributed by atoms with Gasteiger partial charge in [0.15, 0.2) is 0 Å². The van der Waals surface area contributed by atoms with E-state index in [1.165, 1.54) is 18.9 Å². The van der Waals surface area contributed by atoms with Crippen LogP contribution in [0.2, 0.25) is 0 Å². The number of piperidine rings is 1. The molecule has 0 saturated carbocycles. The summed E-state index contributed by atoms with van der Waals surface area (Å²) in [6, 6.07) is 5.27. The molecule has 0 bridgehead atoms. The van der Waals surface area contributed by atoms with Crippen molar-refractivity contribution in [3.05, 3.63) is 34.1 Å². The van der Waals surface area contributed by atoms with E-state index >= 15 is 0 Å². The Hall–Kier alpha value is -0.160. The van der Waals surface area contributed by atoms with Crippen LogP contribution in [0.4, 0.5) is 4.39 Å². The van der Waals surface area contributed by atoms with E-state index in [0.29, 0.717) is 12.5 Å². The van der Waals surface area contributed by atoms with E-state index in [-0.39, 0.29) is 18.2 Å². The Kier molecular flexibility index (Phi) is 6.57. The van der Waals surface area contributed by atoms with Gasteiger partial charge in [-0.15, -0.1) is 12.4 Å². The molecule has 1 aliphatic rings. The molecule has 102 valence electrons. The van der Waals surface area contributed by atoms with Gasteiger partial charge in [0.1, 0.15) is 5.82 Å². The molecule has 1 aromatic rings. The highest BCUT2D eigenvalue weighted by Gasteiger charge is 2.19. The van der Waals surface area contributed by atoms with Gasteiger partial charge in [-0.25, -0.2) is 4.39 Å². The molecule has 0 aromatic heterocycles. The number of nitrogens with two attached hydrogens (primary N) is 1. The number of halogens is 3. The Bertz CT molecular complexity index is 389. The fourth-order valence-corrected chi connectivity index (χ4v) is 2.71. The second kappa shape index (κ2) is 7.43. The summed E-state index contributed by atoms with van der Waals surface area (Å²) in [5.41, 5.74) is 6.47. The van der Waals surface area contributed by atoms with Crippen LogP contribution in [-0.4, -0.2) is 24.5 Å². The van der Waals surface area contributed by atoms with E-state index in [9.17, 15) is 4.39 Å². The molecule has 1 heterocycles. The summed E-state index contributed by atoms with van der Waals surface area (Å²) < 4.78 is 14.5. The third-order valence-electron chi connectivity index (χ3n) is 3.35. The van der Waals surface area contributed by atoms with Crippen LogP contribution in [0.3, 0.4) is 0 Å².